The molecule has 21 heavy (non-hydrogen) atoms. The molecule has 2 rings (SSSR count). The highest BCUT2D eigenvalue weighted by Gasteiger charge is 2.22. The number of carbonyl (C=O) groups is 1. The van der Waals surface area contributed by atoms with E-state index in [1.54, 1.807) is 5.51 Å². The van der Waals surface area contributed by atoms with Gasteiger partial charge < -0.3 is 5.11 Å². The van der Waals surface area contributed by atoms with Crippen molar-refractivity contribution in [3.8, 4) is 0 Å². The molecule has 0 spiro atoms. The number of aryl methyl sites for hydroxylation is 1. The second kappa shape index (κ2) is 5.92. The van der Waals surface area contributed by atoms with Crippen LogP contribution in [0.5, 0.6) is 0 Å². The van der Waals surface area contributed by atoms with Gasteiger partial charge >= 0.3 is 5.97 Å². The molecule has 1 N–H and O–H groups in total. The van der Waals surface area contributed by atoms with Crippen LogP contribution < -0.4 is 0 Å². The van der Waals surface area contributed by atoms with E-state index >= 15 is 0 Å². The number of nitrogens with zero attached hydrogens (tertiary/aromatic N) is 2. The number of thiazole rings is 1. The SMILES string of the molecule is Cc1ncsc1CN(C)S(=O)(=O)c1ccc(C(=O)O)cc1. The second-order valence-corrected chi connectivity index (χ2v) is 7.44. The van der Waals surface area contributed by atoms with Crippen LogP contribution in [0.15, 0.2) is 34.7 Å². The van der Waals surface area contributed by atoms with Gasteiger partial charge in [-0.2, -0.15) is 4.31 Å². The predicted octanol–water partition coefficient (Wildman–Crippen LogP) is 1.97. The van der Waals surface area contributed by atoms with Gasteiger partial charge in [0.2, 0.25) is 10.0 Å². The minimum Gasteiger partial charge on any atom is -0.478 e. The number of carboxylic acid groups (broad SMARTS) is 1. The molecule has 6 nitrogen and oxygen atoms in total. The first-order valence-electron chi connectivity index (χ1n) is 6.01. The fourth-order valence-electron chi connectivity index (χ4n) is 1.71. The maximum Gasteiger partial charge on any atom is 0.335 e. The van der Waals surface area contributed by atoms with Gasteiger partial charge in [0.15, 0.2) is 0 Å². The van der Waals surface area contributed by atoms with E-state index < -0.39 is 16.0 Å². The largest absolute Gasteiger partial charge is 0.478 e. The van der Waals surface area contributed by atoms with Gasteiger partial charge in [-0.3, -0.25) is 0 Å². The number of hydrogen-bond acceptors (Lipinski definition) is 5. The summed E-state index contributed by atoms with van der Waals surface area (Å²) in [6.07, 6.45) is 0. The van der Waals surface area contributed by atoms with Crippen LogP contribution in [0.1, 0.15) is 20.9 Å². The van der Waals surface area contributed by atoms with Crippen molar-refractivity contribution in [1.82, 2.24) is 9.29 Å². The van der Waals surface area contributed by atoms with Crippen molar-refractivity contribution in [1.29, 1.82) is 0 Å². The Bertz CT molecular complexity index is 751. The van der Waals surface area contributed by atoms with Crippen LogP contribution in [-0.2, 0) is 16.6 Å². The van der Waals surface area contributed by atoms with E-state index in [0.717, 1.165) is 10.6 Å². The molecule has 0 aliphatic carbocycles. The number of hydrogen-bond donors (Lipinski definition) is 1. The van der Waals surface area contributed by atoms with Crippen molar-refractivity contribution in [3.63, 3.8) is 0 Å². The number of benzene rings is 1. The van der Waals surface area contributed by atoms with E-state index in [-0.39, 0.29) is 17.0 Å². The zero-order valence-corrected chi connectivity index (χ0v) is 13.1. The van der Waals surface area contributed by atoms with Crippen LogP contribution in [0.2, 0.25) is 0 Å². The molecule has 0 bridgehead atoms. The Labute approximate surface area is 126 Å². The number of aromatic nitrogens is 1. The molecule has 2 aromatic rings. The van der Waals surface area contributed by atoms with Crippen molar-refractivity contribution >= 4 is 27.3 Å². The van der Waals surface area contributed by atoms with Gasteiger partial charge in [0.05, 0.1) is 21.7 Å². The summed E-state index contributed by atoms with van der Waals surface area (Å²) in [4.78, 5) is 15.8. The fourth-order valence-corrected chi connectivity index (χ4v) is 3.76. The van der Waals surface area contributed by atoms with Crippen molar-refractivity contribution in [3.05, 3.63) is 45.9 Å². The molecule has 0 aliphatic rings. The smallest absolute Gasteiger partial charge is 0.335 e. The predicted molar refractivity (Wildman–Crippen MR) is 78.9 cm³/mol. The highest BCUT2D eigenvalue weighted by molar-refractivity contribution is 7.89. The molecule has 0 saturated carbocycles. The van der Waals surface area contributed by atoms with Crippen LogP contribution in [0.3, 0.4) is 0 Å². The molecule has 0 aliphatic heterocycles. The minimum absolute atomic E-state index is 0.0508. The standard InChI is InChI=1S/C13H14N2O4S2/c1-9-12(20-8-14-9)7-15(2)21(18,19)11-5-3-10(4-6-11)13(16)17/h3-6,8H,7H2,1-2H3,(H,16,17). The van der Waals surface area contributed by atoms with Crippen LogP contribution in [0.4, 0.5) is 0 Å². The van der Waals surface area contributed by atoms with Crippen molar-refractivity contribution in [2.45, 2.75) is 18.4 Å². The molecule has 1 aromatic heterocycles. The van der Waals surface area contributed by atoms with Gasteiger partial charge in [-0.1, -0.05) is 0 Å². The number of carboxylic acids is 1. The summed E-state index contributed by atoms with van der Waals surface area (Å²) in [6, 6.07) is 5.16. The lowest BCUT2D eigenvalue weighted by molar-refractivity contribution is 0.0696. The monoisotopic (exact) mass is 326 g/mol. The van der Waals surface area contributed by atoms with E-state index in [1.807, 2.05) is 6.92 Å². The Morgan fingerprint density at radius 1 is 1.33 bits per heavy atom. The molecule has 0 radical (unpaired) electrons. The van der Waals surface area contributed by atoms with Gasteiger partial charge in [0.25, 0.3) is 0 Å². The van der Waals surface area contributed by atoms with Crippen LogP contribution in [-0.4, -0.2) is 35.8 Å². The van der Waals surface area contributed by atoms with Gasteiger partial charge in [-0.25, -0.2) is 18.2 Å². The van der Waals surface area contributed by atoms with Gasteiger partial charge in [0.1, 0.15) is 0 Å². The number of rotatable bonds is 5. The average molecular weight is 326 g/mol. The Kier molecular flexibility index (Phi) is 4.40. The normalized spacial score (nSPS) is 11.8. The van der Waals surface area contributed by atoms with Crippen molar-refractivity contribution < 1.29 is 18.3 Å². The highest BCUT2D eigenvalue weighted by Crippen LogP contribution is 2.20. The summed E-state index contributed by atoms with van der Waals surface area (Å²) >= 11 is 1.40. The third-order valence-electron chi connectivity index (χ3n) is 3.02. The summed E-state index contributed by atoms with van der Waals surface area (Å²) in [5.41, 5.74) is 2.53. The topological polar surface area (TPSA) is 87.6 Å². The van der Waals surface area contributed by atoms with E-state index in [1.165, 1.54) is 47.0 Å². The van der Waals surface area contributed by atoms with E-state index in [4.69, 9.17) is 5.11 Å². The summed E-state index contributed by atoms with van der Waals surface area (Å²) < 4.78 is 26.1. The average Bonchev–Trinajstić information content (AvgIpc) is 2.84. The molecule has 1 heterocycles. The number of sulfonamides is 1. The first-order valence-corrected chi connectivity index (χ1v) is 8.33. The lowest BCUT2D eigenvalue weighted by Crippen LogP contribution is -2.26. The summed E-state index contributed by atoms with van der Waals surface area (Å²) in [6.45, 7) is 2.06. The van der Waals surface area contributed by atoms with Crippen LogP contribution in [0.25, 0.3) is 0 Å². The molecule has 112 valence electrons. The zero-order valence-electron chi connectivity index (χ0n) is 11.5. The Morgan fingerprint density at radius 3 is 2.43 bits per heavy atom. The summed E-state index contributed by atoms with van der Waals surface area (Å²) in [7, 11) is -2.17. The molecule has 0 fully saturated rings. The highest BCUT2D eigenvalue weighted by atomic mass is 32.2. The maximum atomic E-state index is 12.4. The lowest BCUT2D eigenvalue weighted by atomic mass is 10.2. The third-order valence-corrected chi connectivity index (χ3v) is 5.76. The number of aromatic carboxylic acids is 1. The Morgan fingerprint density at radius 2 is 1.95 bits per heavy atom. The first-order chi connectivity index (χ1) is 9.82. The molecule has 0 atom stereocenters. The van der Waals surface area contributed by atoms with Crippen molar-refractivity contribution in [2.24, 2.45) is 0 Å². The summed E-state index contributed by atoms with van der Waals surface area (Å²) in [5, 5.41) is 8.82. The molecule has 0 saturated heterocycles. The van der Waals surface area contributed by atoms with E-state index in [9.17, 15) is 13.2 Å². The quantitative estimate of drug-likeness (QED) is 0.907. The van der Waals surface area contributed by atoms with Gasteiger partial charge in [-0.05, 0) is 31.2 Å². The maximum absolute atomic E-state index is 12.4. The summed E-state index contributed by atoms with van der Waals surface area (Å²) in [5.74, 6) is -1.09. The second-order valence-electron chi connectivity index (χ2n) is 4.45. The first kappa shape index (κ1) is 15.6. The molecule has 0 unspecified atom stereocenters. The lowest BCUT2D eigenvalue weighted by Gasteiger charge is -2.16. The Hall–Kier alpha value is -1.77. The molecule has 1 aromatic carbocycles. The van der Waals surface area contributed by atoms with E-state index in [2.05, 4.69) is 4.98 Å². The Balaban J connectivity index is 2.24. The fraction of sp³-hybridized carbons (Fsp3) is 0.231. The van der Waals surface area contributed by atoms with Gasteiger partial charge in [0, 0.05) is 18.5 Å². The molecular weight excluding hydrogens is 312 g/mol. The van der Waals surface area contributed by atoms with Crippen LogP contribution >= 0.6 is 11.3 Å². The van der Waals surface area contributed by atoms with Gasteiger partial charge in [-0.15, -0.1) is 11.3 Å². The zero-order chi connectivity index (χ0) is 15.6. The van der Waals surface area contributed by atoms with Crippen LogP contribution in [0, 0.1) is 6.92 Å². The minimum atomic E-state index is -3.65. The molecule has 8 heteroatoms. The molecule has 0 amide bonds. The molecular formula is C13H14N2O4S2. The van der Waals surface area contributed by atoms with E-state index in [0.29, 0.717) is 0 Å². The third kappa shape index (κ3) is 3.29. The van der Waals surface area contributed by atoms with Crippen molar-refractivity contribution in [2.75, 3.05) is 7.05 Å².